The van der Waals surface area contributed by atoms with E-state index in [0.29, 0.717) is 17.3 Å². The number of hydrogen-bond donors (Lipinski definition) is 2. The number of nitrogens with one attached hydrogen (secondary N) is 2. The van der Waals surface area contributed by atoms with Crippen molar-refractivity contribution >= 4 is 28.7 Å². The number of benzene rings is 1. The molecule has 1 fully saturated rings. The van der Waals surface area contributed by atoms with Gasteiger partial charge in [-0.05, 0) is 18.9 Å². The summed E-state index contributed by atoms with van der Waals surface area (Å²) >= 11 is 1.25. The average molecular weight is 419 g/mol. The third-order valence-corrected chi connectivity index (χ3v) is 5.85. The number of hydrazone groups is 1. The molecule has 3 aliphatic heterocycles. The van der Waals surface area contributed by atoms with E-state index in [0.717, 1.165) is 19.4 Å². The summed E-state index contributed by atoms with van der Waals surface area (Å²) in [4.78, 5) is 27.9. The van der Waals surface area contributed by atoms with Crippen LogP contribution in [0.15, 0.2) is 41.8 Å². The molecule has 0 bridgehead atoms. The predicted molar refractivity (Wildman–Crippen MR) is 107 cm³/mol. The topological polar surface area (TPSA) is 86.3 Å². The van der Waals surface area contributed by atoms with E-state index < -0.39 is 6.17 Å². The number of hydrogen-bond acceptors (Lipinski definition) is 7. The standard InChI is InChI=1S/C19H22FN5O3S/c20-15-6-2-1-4-13(15)11-24-7-8-25-17(18(24)27)22-23-19(25)29-12-16(26)21-10-14-5-3-9-28-14/h1-2,4,6-8,14,17,22H,3,5,9-12H2,(H,21,26). The first kappa shape index (κ1) is 19.7. The Labute approximate surface area is 172 Å². The fourth-order valence-corrected chi connectivity index (χ4v) is 4.11. The van der Waals surface area contributed by atoms with E-state index in [1.165, 1.54) is 22.7 Å². The molecule has 3 heterocycles. The number of carbonyl (C=O) groups excluding carboxylic acids is 2. The van der Waals surface area contributed by atoms with Crippen molar-refractivity contribution in [3.8, 4) is 0 Å². The van der Waals surface area contributed by atoms with Crippen LogP contribution < -0.4 is 10.7 Å². The van der Waals surface area contributed by atoms with Crippen molar-refractivity contribution in [2.75, 3.05) is 18.9 Å². The minimum Gasteiger partial charge on any atom is -0.376 e. The Morgan fingerprint density at radius 3 is 3.03 bits per heavy atom. The molecular weight excluding hydrogens is 397 g/mol. The lowest BCUT2D eigenvalue weighted by Crippen LogP contribution is -2.51. The molecule has 0 aliphatic carbocycles. The Bertz CT molecular complexity index is 843. The van der Waals surface area contributed by atoms with Crippen molar-refractivity contribution in [2.24, 2.45) is 5.10 Å². The van der Waals surface area contributed by atoms with E-state index >= 15 is 0 Å². The van der Waals surface area contributed by atoms with Crippen LogP contribution in [0.1, 0.15) is 18.4 Å². The van der Waals surface area contributed by atoms with Gasteiger partial charge in [0.05, 0.1) is 18.4 Å². The van der Waals surface area contributed by atoms with Gasteiger partial charge in [-0.15, -0.1) is 0 Å². The molecule has 3 aliphatic rings. The number of carbonyl (C=O) groups is 2. The van der Waals surface area contributed by atoms with Gasteiger partial charge in [0.25, 0.3) is 5.91 Å². The molecule has 1 saturated heterocycles. The second kappa shape index (κ2) is 8.83. The zero-order valence-electron chi connectivity index (χ0n) is 15.7. The van der Waals surface area contributed by atoms with Crippen LogP contribution in [0.5, 0.6) is 0 Å². The molecule has 0 aromatic heterocycles. The maximum atomic E-state index is 13.9. The fourth-order valence-electron chi connectivity index (χ4n) is 3.32. The summed E-state index contributed by atoms with van der Waals surface area (Å²) < 4.78 is 19.4. The quantitative estimate of drug-likeness (QED) is 0.720. The second-order valence-corrected chi connectivity index (χ2v) is 7.86. The van der Waals surface area contributed by atoms with Gasteiger partial charge in [-0.3, -0.25) is 19.9 Å². The van der Waals surface area contributed by atoms with Gasteiger partial charge in [0, 0.05) is 31.1 Å². The maximum absolute atomic E-state index is 13.9. The highest BCUT2D eigenvalue weighted by Crippen LogP contribution is 2.23. The zero-order chi connectivity index (χ0) is 20.2. The van der Waals surface area contributed by atoms with Gasteiger partial charge in [0.2, 0.25) is 12.1 Å². The number of fused-ring (bicyclic) bond motifs is 1. The largest absolute Gasteiger partial charge is 0.376 e. The van der Waals surface area contributed by atoms with Crippen molar-refractivity contribution in [3.63, 3.8) is 0 Å². The van der Waals surface area contributed by atoms with Gasteiger partial charge >= 0.3 is 0 Å². The Kier molecular flexibility index (Phi) is 6.00. The van der Waals surface area contributed by atoms with Gasteiger partial charge < -0.3 is 15.0 Å². The molecule has 2 amide bonds. The molecule has 29 heavy (non-hydrogen) atoms. The molecule has 2 unspecified atom stereocenters. The van der Waals surface area contributed by atoms with Crippen LogP contribution in [-0.2, 0) is 20.9 Å². The molecule has 2 N–H and O–H groups in total. The molecule has 1 aromatic carbocycles. The van der Waals surface area contributed by atoms with Crippen LogP contribution in [0.2, 0.25) is 0 Å². The molecule has 0 saturated carbocycles. The van der Waals surface area contributed by atoms with E-state index in [2.05, 4.69) is 15.8 Å². The lowest BCUT2D eigenvalue weighted by molar-refractivity contribution is -0.134. The predicted octanol–water partition coefficient (Wildman–Crippen LogP) is 1.17. The van der Waals surface area contributed by atoms with Gasteiger partial charge in [-0.25, -0.2) is 4.39 Å². The normalized spacial score (nSPS) is 23.1. The van der Waals surface area contributed by atoms with Crippen molar-refractivity contribution in [2.45, 2.75) is 31.7 Å². The summed E-state index contributed by atoms with van der Waals surface area (Å²) in [5.41, 5.74) is 3.23. The van der Waals surface area contributed by atoms with Crippen molar-refractivity contribution in [3.05, 3.63) is 48.0 Å². The third kappa shape index (κ3) is 4.54. The molecule has 154 valence electrons. The smallest absolute Gasteiger partial charge is 0.272 e. The van der Waals surface area contributed by atoms with E-state index in [-0.39, 0.29) is 36.0 Å². The summed E-state index contributed by atoms with van der Waals surface area (Å²) in [5, 5.41) is 7.58. The highest BCUT2D eigenvalue weighted by Gasteiger charge is 2.38. The van der Waals surface area contributed by atoms with Crippen LogP contribution in [0.3, 0.4) is 0 Å². The van der Waals surface area contributed by atoms with E-state index in [1.54, 1.807) is 35.5 Å². The average Bonchev–Trinajstić information content (AvgIpc) is 3.38. The first-order chi connectivity index (χ1) is 14.1. The van der Waals surface area contributed by atoms with Crippen LogP contribution >= 0.6 is 11.8 Å². The molecular formula is C19H22FN5O3S. The van der Waals surface area contributed by atoms with Crippen LogP contribution in [0.25, 0.3) is 0 Å². The SMILES string of the molecule is O=C(CSC1=NNC2C(=O)N(Cc3ccccc3F)C=CN12)NCC1CCCO1. The van der Waals surface area contributed by atoms with E-state index in [4.69, 9.17) is 4.74 Å². The highest BCUT2D eigenvalue weighted by atomic mass is 32.2. The maximum Gasteiger partial charge on any atom is 0.272 e. The fraction of sp³-hybridized carbons (Fsp3) is 0.421. The second-order valence-electron chi connectivity index (χ2n) is 6.92. The lowest BCUT2D eigenvalue weighted by Gasteiger charge is -2.32. The van der Waals surface area contributed by atoms with E-state index in [9.17, 15) is 14.0 Å². The van der Waals surface area contributed by atoms with Crippen molar-refractivity contribution in [1.29, 1.82) is 0 Å². The third-order valence-electron chi connectivity index (χ3n) is 4.89. The van der Waals surface area contributed by atoms with Gasteiger partial charge in [-0.1, -0.05) is 30.0 Å². The van der Waals surface area contributed by atoms with Crippen LogP contribution in [0.4, 0.5) is 4.39 Å². The number of ether oxygens (including phenoxy) is 1. The monoisotopic (exact) mass is 419 g/mol. The molecule has 1 aromatic rings. The minimum absolute atomic E-state index is 0.0990. The van der Waals surface area contributed by atoms with Gasteiger partial charge in [0.1, 0.15) is 5.82 Å². The number of nitrogens with zero attached hydrogens (tertiary/aromatic N) is 3. The molecule has 0 radical (unpaired) electrons. The van der Waals surface area contributed by atoms with Crippen molar-refractivity contribution < 1.29 is 18.7 Å². The van der Waals surface area contributed by atoms with Crippen LogP contribution in [-0.4, -0.2) is 58.0 Å². The molecule has 0 spiro atoms. The number of amidine groups is 1. The first-order valence-corrected chi connectivity index (χ1v) is 10.5. The molecule has 2 atom stereocenters. The minimum atomic E-state index is -0.691. The lowest BCUT2D eigenvalue weighted by atomic mass is 10.2. The highest BCUT2D eigenvalue weighted by molar-refractivity contribution is 8.14. The number of thioether (sulfide) groups is 1. The van der Waals surface area contributed by atoms with Crippen molar-refractivity contribution in [1.82, 2.24) is 20.5 Å². The zero-order valence-corrected chi connectivity index (χ0v) is 16.5. The Morgan fingerprint density at radius 1 is 1.38 bits per heavy atom. The van der Waals surface area contributed by atoms with Crippen LogP contribution in [0, 0.1) is 5.82 Å². The summed E-state index contributed by atoms with van der Waals surface area (Å²) in [6.07, 6.45) is 4.72. The number of amides is 2. The molecule has 4 rings (SSSR count). The van der Waals surface area contributed by atoms with Gasteiger partial charge in [0.15, 0.2) is 5.17 Å². The summed E-state index contributed by atoms with van der Waals surface area (Å²) in [5.74, 6) is -0.502. The molecule has 10 heteroatoms. The first-order valence-electron chi connectivity index (χ1n) is 9.46. The number of rotatable bonds is 6. The Balaban J connectivity index is 1.29. The Hall–Kier alpha value is -2.59. The summed E-state index contributed by atoms with van der Waals surface area (Å²) in [6, 6.07) is 6.37. The van der Waals surface area contributed by atoms with E-state index in [1.807, 2.05) is 0 Å². The number of halogens is 1. The Morgan fingerprint density at radius 2 is 2.24 bits per heavy atom. The summed E-state index contributed by atoms with van der Waals surface area (Å²) in [6.45, 7) is 1.41. The summed E-state index contributed by atoms with van der Waals surface area (Å²) in [7, 11) is 0. The molecule has 8 nitrogen and oxygen atoms in total. The van der Waals surface area contributed by atoms with Gasteiger partial charge in [-0.2, -0.15) is 5.10 Å².